The first-order valence-electron chi connectivity index (χ1n) is 10.2. The standard InChI is InChI=1S/C23H29N3O5/c1-15-11-16(2)13-19(12-15)29-8-7-26(4)17(3)22(27)25-23(28)24-18-5-6-20-21(14-18)31-10-9-30-20/h5-6,11-14,17H,7-10H2,1-4H3,(H2,24,25,27,28). The third kappa shape index (κ3) is 6.36. The Labute approximate surface area is 182 Å². The lowest BCUT2D eigenvalue weighted by molar-refractivity contribution is -0.124. The molecule has 31 heavy (non-hydrogen) atoms. The van der Waals surface area contributed by atoms with E-state index < -0.39 is 18.0 Å². The minimum Gasteiger partial charge on any atom is -0.492 e. The van der Waals surface area contributed by atoms with Crippen LogP contribution in [-0.4, -0.2) is 56.3 Å². The maximum absolute atomic E-state index is 12.4. The lowest BCUT2D eigenvalue weighted by Crippen LogP contribution is -2.47. The number of fused-ring (bicyclic) bond motifs is 1. The second-order valence-corrected chi connectivity index (χ2v) is 7.63. The molecule has 0 aromatic heterocycles. The van der Waals surface area contributed by atoms with Gasteiger partial charge in [0.05, 0.1) is 6.04 Å². The van der Waals surface area contributed by atoms with Crippen molar-refractivity contribution in [2.75, 3.05) is 38.7 Å². The SMILES string of the molecule is Cc1cc(C)cc(OCCN(C)C(C)C(=O)NC(=O)Nc2ccc3c(c2)OCCO3)c1. The summed E-state index contributed by atoms with van der Waals surface area (Å²) in [5.41, 5.74) is 2.79. The van der Waals surface area contributed by atoms with Crippen molar-refractivity contribution in [2.45, 2.75) is 26.8 Å². The van der Waals surface area contributed by atoms with Gasteiger partial charge in [0, 0.05) is 18.3 Å². The van der Waals surface area contributed by atoms with E-state index in [4.69, 9.17) is 14.2 Å². The van der Waals surface area contributed by atoms with Gasteiger partial charge < -0.3 is 19.5 Å². The molecular weight excluding hydrogens is 398 g/mol. The highest BCUT2D eigenvalue weighted by Gasteiger charge is 2.20. The number of aryl methyl sites for hydroxylation is 2. The Balaban J connectivity index is 1.44. The fraction of sp³-hybridized carbons (Fsp3) is 0.391. The molecule has 8 nitrogen and oxygen atoms in total. The predicted octanol–water partition coefficient (Wildman–Crippen LogP) is 3.12. The van der Waals surface area contributed by atoms with Crippen LogP contribution < -0.4 is 24.8 Å². The van der Waals surface area contributed by atoms with Crippen LogP contribution in [0.2, 0.25) is 0 Å². The number of rotatable bonds is 7. The number of nitrogens with one attached hydrogen (secondary N) is 2. The van der Waals surface area contributed by atoms with Gasteiger partial charge in [-0.25, -0.2) is 4.79 Å². The smallest absolute Gasteiger partial charge is 0.325 e. The van der Waals surface area contributed by atoms with E-state index in [9.17, 15) is 9.59 Å². The lowest BCUT2D eigenvalue weighted by atomic mass is 10.1. The number of benzene rings is 2. The van der Waals surface area contributed by atoms with Crippen molar-refractivity contribution in [1.29, 1.82) is 0 Å². The van der Waals surface area contributed by atoms with E-state index in [-0.39, 0.29) is 0 Å². The fourth-order valence-corrected chi connectivity index (χ4v) is 3.22. The van der Waals surface area contributed by atoms with Gasteiger partial charge in [-0.1, -0.05) is 6.07 Å². The zero-order valence-electron chi connectivity index (χ0n) is 18.4. The molecule has 1 unspecified atom stereocenters. The lowest BCUT2D eigenvalue weighted by Gasteiger charge is -2.23. The Morgan fingerprint density at radius 1 is 1.06 bits per heavy atom. The maximum Gasteiger partial charge on any atom is 0.325 e. The molecule has 2 aromatic rings. The zero-order chi connectivity index (χ0) is 22.4. The summed E-state index contributed by atoms with van der Waals surface area (Å²) in [6.45, 7) is 7.70. The van der Waals surface area contributed by atoms with Crippen molar-refractivity contribution in [1.82, 2.24) is 10.2 Å². The van der Waals surface area contributed by atoms with Gasteiger partial charge in [-0.2, -0.15) is 0 Å². The number of nitrogens with zero attached hydrogens (tertiary/aromatic N) is 1. The highest BCUT2D eigenvalue weighted by Crippen LogP contribution is 2.32. The number of amides is 3. The molecule has 0 bridgehead atoms. The molecule has 1 heterocycles. The van der Waals surface area contributed by atoms with Crippen LogP contribution in [0.3, 0.4) is 0 Å². The van der Waals surface area contributed by atoms with Crippen LogP contribution in [0.5, 0.6) is 17.2 Å². The summed E-state index contributed by atoms with van der Waals surface area (Å²) in [6, 6.07) is 10.0. The summed E-state index contributed by atoms with van der Waals surface area (Å²) >= 11 is 0. The van der Waals surface area contributed by atoms with Crippen molar-refractivity contribution < 1.29 is 23.8 Å². The third-order valence-electron chi connectivity index (χ3n) is 4.99. The Kier molecular flexibility index (Phi) is 7.36. The number of hydrogen-bond donors (Lipinski definition) is 2. The Hall–Kier alpha value is -3.26. The van der Waals surface area contributed by atoms with Crippen molar-refractivity contribution in [3.63, 3.8) is 0 Å². The van der Waals surface area contributed by atoms with Crippen molar-refractivity contribution in [3.8, 4) is 17.2 Å². The maximum atomic E-state index is 12.4. The zero-order valence-corrected chi connectivity index (χ0v) is 18.4. The normalized spacial score (nSPS) is 13.5. The monoisotopic (exact) mass is 427 g/mol. The molecule has 1 atom stereocenters. The van der Waals surface area contributed by atoms with Crippen LogP contribution in [0, 0.1) is 13.8 Å². The summed E-state index contributed by atoms with van der Waals surface area (Å²) in [7, 11) is 1.81. The van der Waals surface area contributed by atoms with Crippen LogP contribution in [-0.2, 0) is 4.79 Å². The summed E-state index contributed by atoms with van der Waals surface area (Å²) in [6.07, 6.45) is 0. The molecule has 0 saturated heterocycles. The van der Waals surface area contributed by atoms with Crippen LogP contribution in [0.1, 0.15) is 18.1 Å². The highest BCUT2D eigenvalue weighted by molar-refractivity contribution is 6.02. The summed E-state index contributed by atoms with van der Waals surface area (Å²) in [4.78, 5) is 26.5. The van der Waals surface area contributed by atoms with E-state index in [1.54, 1.807) is 25.1 Å². The second kappa shape index (κ2) is 10.2. The van der Waals surface area contributed by atoms with E-state index in [1.807, 2.05) is 37.9 Å². The van der Waals surface area contributed by atoms with Gasteiger partial charge in [-0.15, -0.1) is 0 Å². The van der Waals surface area contributed by atoms with E-state index in [2.05, 4.69) is 16.7 Å². The molecule has 1 aliphatic heterocycles. The molecule has 2 aromatic carbocycles. The number of hydrogen-bond acceptors (Lipinski definition) is 6. The molecule has 0 spiro atoms. The molecule has 166 valence electrons. The van der Waals surface area contributed by atoms with Gasteiger partial charge in [0.15, 0.2) is 11.5 Å². The molecule has 2 N–H and O–H groups in total. The molecule has 3 rings (SSSR count). The minimum atomic E-state index is -0.603. The first-order valence-corrected chi connectivity index (χ1v) is 10.2. The summed E-state index contributed by atoms with van der Waals surface area (Å²) < 4.78 is 16.8. The Morgan fingerprint density at radius 3 is 2.45 bits per heavy atom. The van der Waals surface area contributed by atoms with Crippen molar-refractivity contribution in [3.05, 3.63) is 47.5 Å². The quantitative estimate of drug-likeness (QED) is 0.706. The Bertz CT molecular complexity index is 927. The predicted molar refractivity (Wildman–Crippen MR) is 118 cm³/mol. The average Bonchev–Trinajstić information content (AvgIpc) is 2.72. The second-order valence-electron chi connectivity index (χ2n) is 7.63. The largest absolute Gasteiger partial charge is 0.492 e. The van der Waals surface area contributed by atoms with E-state index in [0.717, 1.165) is 16.9 Å². The molecule has 3 amide bonds. The van der Waals surface area contributed by atoms with Gasteiger partial charge in [0.1, 0.15) is 25.6 Å². The molecule has 1 aliphatic rings. The summed E-state index contributed by atoms with van der Waals surface area (Å²) in [5, 5.41) is 5.01. The molecule has 0 radical (unpaired) electrons. The van der Waals surface area contributed by atoms with Crippen LogP contribution in [0.25, 0.3) is 0 Å². The van der Waals surface area contributed by atoms with Gasteiger partial charge in [0.2, 0.25) is 5.91 Å². The van der Waals surface area contributed by atoms with Gasteiger partial charge in [-0.05, 0) is 63.2 Å². The van der Waals surface area contributed by atoms with Gasteiger partial charge in [0.25, 0.3) is 0 Å². The van der Waals surface area contributed by atoms with Crippen LogP contribution in [0.4, 0.5) is 10.5 Å². The molecule has 0 aliphatic carbocycles. The fourth-order valence-electron chi connectivity index (χ4n) is 3.22. The first-order chi connectivity index (χ1) is 14.8. The average molecular weight is 428 g/mol. The number of urea groups is 1. The number of carbonyl (C=O) groups is 2. The van der Waals surface area contributed by atoms with Crippen molar-refractivity contribution >= 4 is 17.6 Å². The van der Waals surface area contributed by atoms with E-state index in [0.29, 0.717) is 43.6 Å². The van der Waals surface area contributed by atoms with Crippen LogP contribution in [0.15, 0.2) is 36.4 Å². The van der Waals surface area contributed by atoms with Crippen molar-refractivity contribution in [2.24, 2.45) is 0 Å². The van der Waals surface area contributed by atoms with E-state index in [1.165, 1.54) is 0 Å². The highest BCUT2D eigenvalue weighted by atomic mass is 16.6. The number of anilines is 1. The Morgan fingerprint density at radius 2 is 1.74 bits per heavy atom. The van der Waals surface area contributed by atoms with Gasteiger partial charge in [-0.3, -0.25) is 15.0 Å². The molecule has 0 fully saturated rings. The van der Waals surface area contributed by atoms with Crippen LogP contribution >= 0.6 is 0 Å². The number of imide groups is 1. The number of likely N-dealkylation sites (N-methyl/N-ethyl adjacent to an activating group) is 1. The summed E-state index contributed by atoms with van der Waals surface area (Å²) in [5.74, 6) is 1.60. The van der Waals surface area contributed by atoms with E-state index >= 15 is 0 Å². The number of carbonyl (C=O) groups excluding carboxylic acids is 2. The molecule has 0 saturated carbocycles. The molecule has 8 heteroatoms. The van der Waals surface area contributed by atoms with Gasteiger partial charge >= 0.3 is 6.03 Å². The third-order valence-corrected chi connectivity index (χ3v) is 4.99. The first kappa shape index (κ1) is 22.4. The minimum absolute atomic E-state index is 0.399. The topological polar surface area (TPSA) is 89.1 Å². The number of ether oxygens (including phenoxy) is 3. The molecular formula is C23H29N3O5.